The van der Waals surface area contributed by atoms with E-state index >= 15 is 0 Å². The Morgan fingerprint density at radius 2 is 1.90 bits per heavy atom. The average molecular weight is 276 g/mol. The molecule has 0 spiro atoms. The Balaban J connectivity index is 2.10. The van der Waals surface area contributed by atoms with Gasteiger partial charge in [0, 0.05) is 44.5 Å². The Morgan fingerprint density at radius 1 is 1.20 bits per heavy atom. The van der Waals surface area contributed by atoms with E-state index in [4.69, 9.17) is 10.7 Å². The van der Waals surface area contributed by atoms with Crippen LogP contribution in [-0.4, -0.2) is 42.1 Å². The van der Waals surface area contributed by atoms with Gasteiger partial charge in [-0.1, -0.05) is 13.3 Å². The molecule has 0 radical (unpaired) electrons. The summed E-state index contributed by atoms with van der Waals surface area (Å²) < 4.78 is 0. The van der Waals surface area contributed by atoms with Crippen LogP contribution in [0.25, 0.3) is 0 Å². The van der Waals surface area contributed by atoms with Crippen LogP contribution in [0.1, 0.15) is 38.4 Å². The summed E-state index contributed by atoms with van der Waals surface area (Å²) in [6, 6.07) is 4.94. The van der Waals surface area contributed by atoms with Gasteiger partial charge in [0.15, 0.2) is 0 Å². The second-order valence-electron chi connectivity index (χ2n) is 5.90. The molecule has 2 N–H and O–H groups in total. The lowest BCUT2D eigenvalue weighted by molar-refractivity contribution is 0.209. The van der Waals surface area contributed by atoms with Crippen molar-refractivity contribution in [2.45, 2.75) is 46.2 Å². The molecule has 112 valence electrons. The van der Waals surface area contributed by atoms with E-state index in [1.165, 1.54) is 11.3 Å². The molecule has 1 aliphatic heterocycles. The first kappa shape index (κ1) is 15.3. The van der Waals surface area contributed by atoms with Gasteiger partial charge in [-0.2, -0.15) is 0 Å². The maximum Gasteiger partial charge on any atom is 0.129 e. The van der Waals surface area contributed by atoms with Crippen molar-refractivity contribution in [2.24, 2.45) is 5.73 Å². The first-order valence-electron chi connectivity index (χ1n) is 7.83. The normalized spacial score (nSPS) is 16.9. The molecule has 1 aliphatic rings. The van der Waals surface area contributed by atoms with Crippen LogP contribution in [0.3, 0.4) is 0 Å². The molecule has 20 heavy (non-hydrogen) atoms. The Bertz CT molecular complexity index is 422. The van der Waals surface area contributed by atoms with Gasteiger partial charge in [0.2, 0.25) is 0 Å². The van der Waals surface area contributed by atoms with Crippen molar-refractivity contribution < 1.29 is 0 Å². The third-order valence-electron chi connectivity index (χ3n) is 4.04. The molecule has 0 unspecified atom stereocenters. The zero-order valence-electron chi connectivity index (χ0n) is 13.1. The number of anilines is 1. The summed E-state index contributed by atoms with van der Waals surface area (Å²) in [5, 5.41) is 0. The van der Waals surface area contributed by atoms with Crippen molar-refractivity contribution in [2.75, 3.05) is 31.1 Å². The van der Waals surface area contributed by atoms with Crippen LogP contribution < -0.4 is 10.6 Å². The van der Waals surface area contributed by atoms with Crippen LogP contribution in [0.15, 0.2) is 12.1 Å². The number of hydrogen-bond donors (Lipinski definition) is 1. The minimum Gasteiger partial charge on any atom is -0.354 e. The van der Waals surface area contributed by atoms with E-state index in [2.05, 4.69) is 42.7 Å². The van der Waals surface area contributed by atoms with Crippen LogP contribution in [0.4, 0.5) is 5.82 Å². The summed E-state index contributed by atoms with van der Waals surface area (Å²) in [5.74, 6) is 1.11. The average Bonchev–Trinajstić information content (AvgIpc) is 2.47. The number of pyridine rings is 1. The van der Waals surface area contributed by atoms with Gasteiger partial charge in [-0.3, -0.25) is 4.90 Å². The number of nitrogens with zero attached hydrogens (tertiary/aromatic N) is 3. The van der Waals surface area contributed by atoms with E-state index in [1.54, 1.807) is 0 Å². The molecular weight excluding hydrogens is 248 g/mol. The Kier molecular flexibility index (Phi) is 5.38. The fourth-order valence-corrected chi connectivity index (χ4v) is 2.76. The van der Waals surface area contributed by atoms with Crippen molar-refractivity contribution in [3.05, 3.63) is 23.4 Å². The van der Waals surface area contributed by atoms with Gasteiger partial charge in [-0.05, 0) is 38.0 Å². The molecule has 0 amide bonds. The van der Waals surface area contributed by atoms with E-state index in [0.29, 0.717) is 12.6 Å². The van der Waals surface area contributed by atoms with Crippen LogP contribution >= 0.6 is 0 Å². The third kappa shape index (κ3) is 3.70. The van der Waals surface area contributed by atoms with E-state index < -0.39 is 0 Å². The summed E-state index contributed by atoms with van der Waals surface area (Å²) in [7, 11) is 0. The largest absolute Gasteiger partial charge is 0.354 e. The summed E-state index contributed by atoms with van der Waals surface area (Å²) in [6.45, 7) is 11.7. The van der Waals surface area contributed by atoms with Gasteiger partial charge in [-0.25, -0.2) is 4.98 Å². The van der Waals surface area contributed by atoms with Crippen molar-refractivity contribution in [3.63, 3.8) is 0 Å². The topological polar surface area (TPSA) is 45.4 Å². The molecule has 4 heteroatoms. The Hall–Kier alpha value is -1.13. The molecule has 1 aromatic rings. The highest BCUT2D eigenvalue weighted by Crippen LogP contribution is 2.18. The van der Waals surface area contributed by atoms with Gasteiger partial charge in [0.1, 0.15) is 5.82 Å². The fourth-order valence-electron chi connectivity index (χ4n) is 2.76. The smallest absolute Gasteiger partial charge is 0.129 e. The number of nitrogens with two attached hydrogens (primary N) is 1. The van der Waals surface area contributed by atoms with Gasteiger partial charge in [0.25, 0.3) is 0 Å². The lowest BCUT2D eigenvalue weighted by Gasteiger charge is -2.37. The van der Waals surface area contributed by atoms with Gasteiger partial charge >= 0.3 is 0 Å². The molecule has 1 fully saturated rings. The number of piperazine rings is 1. The molecule has 0 saturated carbocycles. The highest BCUT2D eigenvalue weighted by molar-refractivity contribution is 5.43. The lowest BCUT2D eigenvalue weighted by atomic mass is 10.1. The number of rotatable bonds is 5. The van der Waals surface area contributed by atoms with Crippen LogP contribution in [0, 0.1) is 0 Å². The second kappa shape index (κ2) is 7.04. The molecule has 0 aliphatic carbocycles. The van der Waals surface area contributed by atoms with Gasteiger partial charge < -0.3 is 10.6 Å². The maximum absolute atomic E-state index is 5.82. The zero-order chi connectivity index (χ0) is 14.5. The number of aromatic nitrogens is 1. The lowest BCUT2D eigenvalue weighted by Crippen LogP contribution is -2.49. The molecule has 2 rings (SSSR count). The SMILES string of the molecule is CCCc1cc(CN)cc(N2CCN(C(C)C)CC2)n1. The van der Waals surface area contributed by atoms with Crippen LogP contribution in [0.5, 0.6) is 0 Å². The van der Waals surface area contributed by atoms with Crippen molar-refractivity contribution in [3.8, 4) is 0 Å². The molecular formula is C16H28N4. The molecule has 4 nitrogen and oxygen atoms in total. The first-order valence-corrected chi connectivity index (χ1v) is 7.83. The maximum atomic E-state index is 5.82. The van der Waals surface area contributed by atoms with E-state index in [0.717, 1.165) is 44.8 Å². The third-order valence-corrected chi connectivity index (χ3v) is 4.04. The Labute approximate surface area is 123 Å². The molecule has 1 aromatic heterocycles. The highest BCUT2D eigenvalue weighted by atomic mass is 15.3. The standard InChI is InChI=1S/C16H28N4/c1-4-5-15-10-14(12-17)11-16(18-15)20-8-6-19(7-9-20)13(2)3/h10-11,13H,4-9,12,17H2,1-3H3. The van der Waals surface area contributed by atoms with Crippen molar-refractivity contribution in [1.82, 2.24) is 9.88 Å². The summed E-state index contributed by atoms with van der Waals surface area (Å²) in [5.41, 5.74) is 8.20. The minimum absolute atomic E-state index is 0.595. The monoisotopic (exact) mass is 276 g/mol. The van der Waals surface area contributed by atoms with E-state index in [-0.39, 0.29) is 0 Å². The number of hydrogen-bond acceptors (Lipinski definition) is 4. The first-order chi connectivity index (χ1) is 9.63. The highest BCUT2D eigenvalue weighted by Gasteiger charge is 2.20. The van der Waals surface area contributed by atoms with Crippen LogP contribution in [-0.2, 0) is 13.0 Å². The predicted molar refractivity (Wildman–Crippen MR) is 85.0 cm³/mol. The van der Waals surface area contributed by atoms with Crippen molar-refractivity contribution >= 4 is 5.82 Å². The molecule has 0 aromatic carbocycles. The van der Waals surface area contributed by atoms with Crippen molar-refractivity contribution in [1.29, 1.82) is 0 Å². The second-order valence-corrected chi connectivity index (χ2v) is 5.90. The molecule has 0 atom stereocenters. The zero-order valence-corrected chi connectivity index (χ0v) is 13.1. The summed E-state index contributed by atoms with van der Waals surface area (Å²) in [6.07, 6.45) is 2.16. The summed E-state index contributed by atoms with van der Waals surface area (Å²) in [4.78, 5) is 9.74. The van der Waals surface area contributed by atoms with E-state index in [9.17, 15) is 0 Å². The minimum atomic E-state index is 0.595. The fraction of sp³-hybridized carbons (Fsp3) is 0.688. The predicted octanol–water partition coefficient (Wildman–Crippen LogP) is 2.02. The van der Waals surface area contributed by atoms with Crippen LogP contribution in [0.2, 0.25) is 0 Å². The summed E-state index contributed by atoms with van der Waals surface area (Å²) >= 11 is 0. The molecule has 2 heterocycles. The Morgan fingerprint density at radius 3 is 2.45 bits per heavy atom. The van der Waals surface area contributed by atoms with E-state index in [1.807, 2.05) is 0 Å². The number of aryl methyl sites for hydroxylation is 1. The quantitative estimate of drug-likeness (QED) is 0.894. The van der Waals surface area contributed by atoms with Gasteiger partial charge in [0.05, 0.1) is 0 Å². The molecule has 1 saturated heterocycles. The van der Waals surface area contributed by atoms with Gasteiger partial charge in [-0.15, -0.1) is 0 Å². The molecule has 0 bridgehead atoms.